The molecule has 2 aromatic heterocycles. The largest absolute Gasteiger partial charge is 0.409 e. The fraction of sp³-hybridized carbons (Fsp3) is 0.0769. The van der Waals surface area contributed by atoms with E-state index in [0.717, 1.165) is 6.20 Å². The number of anilines is 1. The third-order valence-electron chi connectivity index (χ3n) is 2.56. The van der Waals surface area contributed by atoms with E-state index in [0.29, 0.717) is 11.3 Å². The summed E-state index contributed by atoms with van der Waals surface area (Å²) in [6.07, 6.45) is 0.987. The van der Waals surface area contributed by atoms with Crippen LogP contribution in [-0.4, -0.2) is 26.9 Å². The molecular formula is C13H12FN5O2. The number of nitrogens with one attached hydrogen (secondary N) is 1. The number of oxime groups is 1. The second kappa shape index (κ2) is 5.95. The fourth-order valence-electron chi connectivity index (χ4n) is 1.62. The molecule has 0 aliphatic heterocycles. The maximum absolute atomic E-state index is 12.7. The first kappa shape index (κ1) is 14.4. The first-order chi connectivity index (χ1) is 9.99. The van der Waals surface area contributed by atoms with Gasteiger partial charge in [0, 0.05) is 11.3 Å². The van der Waals surface area contributed by atoms with Gasteiger partial charge in [0.1, 0.15) is 17.3 Å². The van der Waals surface area contributed by atoms with Crippen molar-refractivity contribution < 1.29 is 14.4 Å². The van der Waals surface area contributed by atoms with Crippen molar-refractivity contribution in [1.29, 1.82) is 0 Å². The number of carbonyl (C=O) groups excluding carboxylic acids is 1. The molecule has 1 amide bonds. The molecule has 0 atom stereocenters. The minimum atomic E-state index is -0.537. The molecular weight excluding hydrogens is 277 g/mol. The van der Waals surface area contributed by atoms with Crippen molar-refractivity contribution >= 4 is 17.6 Å². The Morgan fingerprint density at radius 3 is 2.81 bits per heavy atom. The van der Waals surface area contributed by atoms with Crippen molar-refractivity contribution in [3.63, 3.8) is 0 Å². The van der Waals surface area contributed by atoms with Crippen LogP contribution in [0.1, 0.15) is 21.7 Å². The van der Waals surface area contributed by atoms with Gasteiger partial charge < -0.3 is 16.3 Å². The molecule has 0 saturated heterocycles. The molecule has 0 unspecified atom stereocenters. The van der Waals surface area contributed by atoms with E-state index in [9.17, 15) is 9.18 Å². The van der Waals surface area contributed by atoms with Crippen LogP contribution in [0.15, 0.2) is 35.6 Å². The zero-order valence-corrected chi connectivity index (χ0v) is 11.0. The van der Waals surface area contributed by atoms with Gasteiger partial charge in [0.15, 0.2) is 5.84 Å². The van der Waals surface area contributed by atoms with E-state index in [1.54, 1.807) is 13.0 Å². The lowest BCUT2D eigenvalue weighted by Crippen LogP contribution is -2.19. The molecule has 4 N–H and O–H groups in total. The van der Waals surface area contributed by atoms with Crippen LogP contribution < -0.4 is 11.1 Å². The van der Waals surface area contributed by atoms with E-state index in [1.165, 1.54) is 18.2 Å². The molecule has 0 saturated carbocycles. The molecule has 8 heteroatoms. The van der Waals surface area contributed by atoms with Crippen LogP contribution in [0.4, 0.5) is 10.2 Å². The highest BCUT2D eigenvalue weighted by atomic mass is 19.1. The zero-order chi connectivity index (χ0) is 15.4. The summed E-state index contributed by atoms with van der Waals surface area (Å²) >= 11 is 0. The number of nitrogens with zero attached hydrogens (tertiary/aromatic N) is 3. The minimum absolute atomic E-state index is 0.0720. The van der Waals surface area contributed by atoms with Crippen LogP contribution in [0.5, 0.6) is 0 Å². The highest BCUT2D eigenvalue weighted by molar-refractivity contribution is 6.05. The molecule has 0 bridgehead atoms. The van der Waals surface area contributed by atoms with Crippen molar-refractivity contribution in [2.24, 2.45) is 10.9 Å². The summed E-state index contributed by atoms with van der Waals surface area (Å²) in [5.74, 6) is -0.981. The smallest absolute Gasteiger partial charge is 0.275 e. The molecule has 0 radical (unpaired) electrons. The third kappa shape index (κ3) is 3.50. The van der Waals surface area contributed by atoms with Gasteiger partial charge in [-0.15, -0.1) is 0 Å². The number of hydrogen-bond donors (Lipinski definition) is 3. The summed E-state index contributed by atoms with van der Waals surface area (Å²) < 4.78 is 12.7. The summed E-state index contributed by atoms with van der Waals surface area (Å²) in [5, 5.41) is 14.0. The lowest BCUT2D eigenvalue weighted by atomic mass is 10.1. The molecule has 2 heterocycles. The highest BCUT2D eigenvalue weighted by Crippen LogP contribution is 2.09. The maximum Gasteiger partial charge on any atom is 0.275 e. The van der Waals surface area contributed by atoms with Crippen molar-refractivity contribution in [1.82, 2.24) is 9.97 Å². The average molecular weight is 289 g/mol. The Balaban J connectivity index is 2.26. The topological polar surface area (TPSA) is 113 Å². The van der Waals surface area contributed by atoms with E-state index in [2.05, 4.69) is 20.4 Å². The van der Waals surface area contributed by atoms with Gasteiger partial charge >= 0.3 is 0 Å². The number of amides is 1. The summed E-state index contributed by atoms with van der Waals surface area (Å²) in [5.41, 5.74) is 6.45. The molecule has 21 heavy (non-hydrogen) atoms. The van der Waals surface area contributed by atoms with Crippen molar-refractivity contribution in [2.75, 3.05) is 5.32 Å². The Hall–Kier alpha value is -3.03. The van der Waals surface area contributed by atoms with Crippen molar-refractivity contribution in [3.05, 3.63) is 53.2 Å². The number of hydrogen-bond acceptors (Lipinski definition) is 5. The van der Waals surface area contributed by atoms with E-state index in [1.807, 2.05) is 0 Å². The first-order valence-corrected chi connectivity index (χ1v) is 5.89. The number of amidine groups is 1. The lowest BCUT2D eigenvalue weighted by Gasteiger charge is -2.06. The Morgan fingerprint density at radius 1 is 1.43 bits per heavy atom. The van der Waals surface area contributed by atoms with Gasteiger partial charge in [0.25, 0.3) is 5.91 Å². The van der Waals surface area contributed by atoms with Gasteiger partial charge in [-0.25, -0.2) is 14.4 Å². The maximum atomic E-state index is 12.7. The monoisotopic (exact) mass is 289 g/mol. The first-order valence-electron chi connectivity index (χ1n) is 5.89. The van der Waals surface area contributed by atoms with Crippen LogP contribution in [0.3, 0.4) is 0 Å². The molecule has 0 spiro atoms. The molecule has 108 valence electrons. The van der Waals surface area contributed by atoms with E-state index in [4.69, 9.17) is 10.9 Å². The van der Waals surface area contributed by atoms with Crippen molar-refractivity contribution in [3.8, 4) is 0 Å². The van der Waals surface area contributed by atoms with E-state index in [-0.39, 0.29) is 17.3 Å². The zero-order valence-electron chi connectivity index (χ0n) is 11.0. The molecule has 2 rings (SSSR count). The summed E-state index contributed by atoms with van der Waals surface area (Å²) in [7, 11) is 0. The number of pyridine rings is 2. The highest BCUT2D eigenvalue weighted by Gasteiger charge is 2.12. The fourth-order valence-corrected chi connectivity index (χ4v) is 1.62. The summed E-state index contributed by atoms with van der Waals surface area (Å²) in [6.45, 7) is 1.67. The molecule has 0 aliphatic rings. The van der Waals surface area contributed by atoms with E-state index >= 15 is 0 Å². The van der Waals surface area contributed by atoms with Crippen molar-refractivity contribution in [2.45, 2.75) is 6.92 Å². The van der Waals surface area contributed by atoms with Gasteiger partial charge in [0.2, 0.25) is 0 Å². The predicted octanol–water partition coefficient (Wildman–Crippen LogP) is 1.27. The number of nitrogens with two attached hydrogens (primary N) is 1. The molecule has 7 nitrogen and oxygen atoms in total. The van der Waals surface area contributed by atoms with Crippen LogP contribution in [0.25, 0.3) is 0 Å². The second-order valence-electron chi connectivity index (χ2n) is 4.18. The second-order valence-corrected chi connectivity index (χ2v) is 4.18. The Kier molecular flexibility index (Phi) is 4.07. The minimum Gasteiger partial charge on any atom is -0.409 e. The van der Waals surface area contributed by atoms with Gasteiger partial charge in [0.05, 0.1) is 6.20 Å². The van der Waals surface area contributed by atoms with Crippen LogP contribution >= 0.6 is 0 Å². The van der Waals surface area contributed by atoms with Crippen LogP contribution in [-0.2, 0) is 0 Å². The summed E-state index contributed by atoms with van der Waals surface area (Å²) in [4.78, 5) is 19.8. The SMILES string of the molecule is Cc1cc(/C(N)=N/O)cc(C(=O)Nc2ccc(F)cn2)n1. The van der Waals surface area contributed by atoms with Gasteiger partial charge in [-0.3, -0.25) is 4.79 Å². The van der Waals surface area contributed by atoms with E-state index < -0.39 is 11.7 Å². The Labute approximate surface area is 119 Å². The lowest BCUT2D eigenvalue weighted by molar-refractivity contribution is 0.102. The number of aromatic nitrogens is 2. The summed E-state index contributed by atoms with van der Waals surface area (Å²) in [6, 6.07) is 5.45. The van der Waals surface area contributed by atoms with Crippen LogP contribution in [0, 0.1) is 12.7 Å². The van der Waals surface area contributed by atoms with Gasteiger partial charge in [-0.05, 0) is 31.2 Å². The molecule has 0 aromatic carbocycles. The third-order valence-corrected chi connectivity index (χ3v) is 2.56. The van der Waals surface area contributed by atoms with Gasteiger partial charge in [-0.1, -0.05) is 5.16 Å². The van der Waals surface area contributed by atoms with Crippen LogP contribution in [0.2, 0.25) is 0 Å². The number of rotatable bonds is 3. The standard InChI is InChI=1S/C13H12FN5O2/c1-7-4-8(12(15)19-21)5-10(17-7)13(20)18-11-3-2-9(14)6-16-11/h2-6,21H,1H3,(H2,15,19)(H,16,18,20). The van der Waals surface area contributed by atoms with Gasteiger partial charge in [-0.2, -0.15) is 0 Å². The molecule has 0 fully saturated rings. The Bertz CT molecular complexity index is 700. The normalized spacial score (nSPS) is 11.2. The number of halogens is 1. The quantitative estimate of drug-likeness (QED) is 0.341. The Morgan fingerprint density at radius 2 is 2.19 bits per heavy atom. The average Bonchev–Trinajstić information content (AvgIpc) is 2.48. The predicted molar refractivity (Wildman–Crippen MR) is 73.6 cm³/mol. The number of carbonyl (C=O) groups is 1. The number of aryl methyl sites for hydroxylation is 1. The molecule has 2 aromatic rings. The molecule has 0 aliphatic carbocycles.